The van der Waals surface area contributed by atoms with Crippen LogP contribution in [0.15, 0.2) is 12.1 Å². The van der Waals surface area contributed by atoms with E-state index in [9.17, 15) is 9.59 Å². The Kier molecular flexibility index (Phi) is 9.27. The Hall–Kier alpha value is -1.95. The second-order valence-electron chi connectivity index (χ2n) is 5.93. The molecule has 0 saturated heterocycles. The molecule has 0 aliphatic heterocycles. The number of hydrogen-bond acceptors (Lipinski definition) is 5. The van der Waals surface area contributed by atoms with E-state index in [1.807, 2.05) is 20.8 Å². The van der Waals surface area contributed by atoms with Crippen LogP contribution in [0.25, 0.3) is 0 Å². The molecule has 0 aromatic heterocycles. The molecule has 0 saturated carbocycles. The van der Waals surface area contributed by atoms with Gasteiger partial charge in [0.25, 0.3) is 5.91 Å². The minimum absolute atomic E-state index is 0.0671. The quantitative estimate of drug-likeness (QED) is 0.619. The van der Waals surface area contributed by atoms with Crippen molar-refractivity contribution in [3.05, 3.63) is 22.7 Å². The molecule has 1 aromatic rings. The number of ether oxygens (including phenoxy) is 3. The molecule has 2 atom stereocenters. The molecule has 1 amide bonds. The zero-order valence-corrected chi connectivity index (χ0v) is 16.8. The molecule has 0 bridgehead atoms. The van der Waals surface area contributed by atoms with Gasteiger partial charge in [-0.05, 0) is 31.4 Å². The number of benzene rings is 1. The third kappa shape index (κ3) is 5.80. The number of esters is 1. The first-order valence-electron chi connectivity index (χ1n) is 8.87. The van der Waals surface area contributed by atoms with Gasteiger partial charge in [0.1, 0.15) is 6.04 Å². The van der Waals surface area contributed by atoms with Crippen molar-refractivity contribution in [2.75, 3.05) is 20.3 Å². The summed E-state index contributed by atoms with van der Waals surface area (Å²) in [5.41, 5.74) is 0.285. The van der Waals surface area contributed by atoms with Crippen LogP contribution in [0.1, 0.15) is 50.9 Å². The molecule has 7 heteroatoms. The summed E-state index contributed by atoms with van der Waals surface area (Å²) in [7, 11) is 1.48. The van der Waals surface area contributed by atoms with E-state index in [2.05, 4.69) is 5.32 Å². The highest BCUT2D eigenvalue weighted by molar-refractivity contribution is 6.32. The number of rotatable bonds is 10. The summed E-state index contributed by atoms with van der Waals surface area (Å²) in [5.74, 6) is -0.173. The lowest BCUT2D eigenvalue weighted by Crippen LogP contribution is -2.46. The van der Waals surface area contributed by atoms with Gasteiger partial charge < -0.3 is 19.5 Å². The highest BCUT2D eigenvalue weighted by Crippen LogP contribution is 2.36. The van der Waals surface area contributed by atoms with E-state index in [1.165, 1.54) is 13.2 Å². The van der Waals surface area contributed by atoms with Gasteiger partial charge in [-0.15, -0.1) is 0 Å². The van der Waals surface area contributed by atoms with Gasteiger partial charge in [0, 0.05) is 5.56 Å². The summed E-state index contributed by atoms with van der Waals surface area (Å²) >= 11 is 6.26. The van der Waals surface area contributed by atoms with Crippen molar-refractivity contribution >= 4 is 23.5 Å². The van der Waals surface area contributed by atoms with E-state index in [1.54, 1.807) is 13.0 Å². The van der Waals surface area contributed by atoms with E-state index in [-0.39, 0.29) is 23.1 Å². The molecular weight excluding hydrogens is 358 g/mol. The fourth-order valence-corrected chi connectivity index (χ4v) is 2.59. The maximum absolute atomic E-state index is 12.7. The van der Waals surface area contributed by atoms with Crippen molar-refractivity contribution in [2.24, 2.45) is 5.92 Å². The van der Waals surface area contributed by atoms with Crippen molar-refractivity contribution in [3.63, 3.8) is 0 Å². The average molecular weight is 386 g/mol. The van der Waals surface area contributed by atoms with E-state index >= 15 is 0 Å². The Morgan fingerprint density at radius 1 is 1.23 bits per heavy atom. The highest BCUT2D eigenvalue weighted by atomic mass is 35.5. The van der Waals surface area contributed by atoms with Crippen molar-refractivity contribution in [1.29, 1.82) is 0 Å². The van der Waals surface area contributed by atoms with Crippen LogP contribution in [0.5, 0.6) is 11.5 Å². The summed E-state index contributed by atoms with van der Waals surface area (Å²) in [6.45, 7) is 8.28. The monoisotopic (exact) mass is 385 g/mol. The molecule has 146 valence electrons. The summed E-state index contributed by atoms with van der Waals surface area (Å²) in [4.78, 5) is 24.8. The van der Waals surface area contributed by atoms with Crippen LogP contribution < -0.4 is 14.8 Å². The zero-order chi connectivity index (χ0) is 19.7. The lowest BCUT2D eigenvalue weighted by molar-refractivity contribution is -0.146. The largest absolute Gasteiger partial charge is 0.493 e. The van der Waals surface area contributed by atoms with Gasteiger partial charge in [-0.2, -0.15) is 0 Å². The number of halogens is 1. The number of hydrogen-bond donors (Lipinski definition) is 1. The number of methoxy groups -OCH3 is 1. The number of carbonyl (C=O) groups is 2. The lowest BCUT2D eigenvalue weighted by atomic mass is 9.98. The molecule has 0 unspecified atom stereocenters. The van der Waals surface area contributed by atoms with E-state index in [0.29, 0.717) is 18.1 Å². The molecule has 1 N–H and O–H groups in total. The van der Waals surface area contributed by atoms with Crippen LogP contribution in [0.2, 0.25) is 5.02 Å². The van der Waals surface area contributed by atoms with Crippen molar-refractivity contribution in [1.82, 2.24) is 5.32 Å². The Labute approximate surface area is 160 Å². The second kappa shape index (κ2) is 10.9. The maximum Gasteiger partial charge on any atom is 0.328 e. The van der Waals surface area contributed by atoms with Crippen LogP contribution in [-0.2, 0) is 9.53 Å². The molecule has 6 nitrogen and oxygen atoms in total. The molecule has 26 heavy (non-hydrogen) atoms. The Bertz CT molecular complexity index is 620. The lowest BCUT2D eigenvalue weighted by Gasteiger charge is -2.22. The van der Waals surface area contributed by atoms with E-state index in [4.69, 9.17) is 25.8 Å². The highest BCUT2D eigenvalue weighted by Gasteiger charge is 2.28. The second-order valence-corrected chi connectivity index (χ2v) is 6.33. The SMILES string of the molecule is CCCOc1c(Cl)cc(C(=O)N[C@@H](C(=O)OCC)[C@H](C)CC)cc1OC. The molecule has 0 radical (unpaired) electrons. The topological polar surface area (TPSA) is 73.9 Å². The number of amides is 1. The van der Waals surface area contributed by atoms with Crippen LogP contribution in [0.4, 0.5) is 0 Å². The fraction of sp³-hybridized carbons (Fsp3) is 0.579. The smallest absolute Gasteiger partial charge is 0.328 e. The molecule has 0 aliphatic rings. The summed E-state index contributed by atoms with van der Waals surface area (Å²) < 4.78 is 16.0. The zero-order valence-electron chi connectivity index (χ0n) is 16.1. The predicted molar refractivity (Wildman–Crippen MR) is 101 cm³/mol. The Morgan fingerprint density at radius 2 is 1.92 bits per heavy atom. The first-order valence-corrected chi connectivity index (χ1v) is 9.25. The van der Waals surface area contributed by atoms with Crippen LogP contribution >= 0.6 is 11.6 Å². The molecule has 1 aromatic carbocycles. The summed E-state index contributed by atoms with van der Waals surface area (Å²) in [6.07, 6.45) is 1.54. The Balaban J connectivity index is 3.07. The van der Waals surface area contributed by atoms with Crippen molar-refractivity contribution in [3.8, 4) is 11.5 Å². The first kappa shape index (κ1) is 22.1. The van der Waals surface area contributed by atoms with Gasteiger partial charge in [-0.1, -0.05) is 38.8 Å². The molecule has 0 aliphatic carbocycles. The number of nitrogens with one attached hydrogen (secondary N) is 1. The minimum Gasteiger partial charge on any atom is -0.493 e. The molecule has 1 rings (SSSR count). The standard InChI is InChI=1S/C19H28ClNO5/c1-6-9-26-17-14(20)10-13(11-15(17)24-5)18(22)21-16(12(4)7-2)19(23)25-8-3/h10-12,16H,6-9H2,1-5H3,(H,21,22)/t12-,16-/m1/s1. The van der Waals surface area contributed by atoms with E-state index in [0.717, 1.165) is 12.8 Å². The van der Waals surface area contributed by atoms with Crippen molar-refractivity contribution < 1.29 is 23.8 Å². The fourth-order valence-electron chi connectivity index (χ4n) is 2.32. The van der Waals surface area contributed by atoms with Gasteiger partial charge in [-0.3, -0.25) is 4.79 Å². The minimum atomic E-state index is -0.728. The normalized spacial score (nSPS) is 12.8. The molecule has 0 heterocycles. The predicted octanol–water partition coefficient (Wildman–Crippen LogP) is 3.85. The van der Waals surface area contributed by atoms with E-state index < -0.39 is 17.9 Å². The Morgan fingerprint density at radius 3 is 2.46 bits per heavy atom. The van der Waals surface area contributed by atoms with Crippen LogP contribution in [0, 0.1) is 5.92 Å². The third-order valence-electron chi connectivity index (χ3n) is 3.98. The maximum atomic E-state index is 12.7. The molecule has 0 spiro atoms. The average Bonchev–Trinajstić information content (AvgIpc) is 2.63. The molecular formula is C19H28ClNO5. The van der Waals surface area contributed by atoms with Crippen molar-refractivity contribution in [2.45, 2.75) is 46.6 Å². The van der Waals surface area contributed by atoms with Gasteiger partial charge in [0.2, 0.25) is 0 Å². The van der Waals surface area contributed by atoms with Crippen LogP contribution in [-0.4, -0.2) is 38.2 Å². The van der Waals surface area contributed by atoms with Gasteiger partial charge in [0.05, 0.1) is 25.3 Å². The van der Waals surface area contributed by atoms with Gasteiger partial charge in [-0.25, -0.2) is 4.79 Å². The first-order chi connectivity index (χ1) is 12.4. The van der Waals surface area contributed by atoms with Gasteiger partial charge in [0.15, 0.2) is 11.5 Å². The third-order valence-corrected chi connectivity index (χ3v) is 4.26. The van der Waals surface area contributed by atoms with Gasteiger partial charge >= 0.3 is 5.97 Å². The summed E-state index contributed by atoms with van der Waals surface area (Å²) in [6, 6.07) is 2.32. The number of carbonyl (C=O) groups excluding carboxylic acids is 2. The summed E-state index contributed by atoms with van der Waals surface area (Å²) in [5, 5.41) is 3.02. The van der Waals surface area contributed by atoms with Crippen LogP contribution in [0.3, 0.4) is 0 Å². The molecule has 0 fully saturated rings.